The first-order chi connectivity index (χ1) is 8.69. The van der Waals surface area contributed by atoms with Crippen molar-refractivity contribution in [3.63, 3.8) is 0 Å². The second-order valence-electron chi connectivity index (χ2n) is 6.18. The number of rotatable bonds is 5. The SMILES string of the molecule is CCNC(Cc1ccsc1)C1CC(C)CC(C)C1. The molecule has 1 fully saturated rings. The topological polar surface area (TPSA) is 12.0 Å². The van der Waals surface area contributed by atoms with E-state index in [1.54, 1.807) is 0 Å². The monoisotopic (exact) mass is 265 g/mol. The van der Waals surface area contributed by atoms with Crippen molar-refractivity contribution >= 4 is 11.3 Å². The Labute approximate surface area is 116 Å². The maximum Gasteiger partial charge on any atom is 0.0136 e. The minimum Gasteiger partial charge on any atom is -0.314 e. The number of thiophene rings is 1. The summed E-state index contributed by atoms with van der Waals surface area (Å²) >= 11 is 1.82. The summed E-state index contributed by atoms with van der Waals surface area (Å²) < 4.78 is 0. The summed E-state index contributed by atoms with van der Waals surface area (Å²) in [5.41, 5.74) is 1.51. The maximum absolute atomic E-state index is 3.74. The van der Waals surface area contributed by atoms with E-state index in [9.17, 15) is 0 Å². The molecule has 1 nitrogen and oxygen atoms in total. The van der Waals surface area contributed by atoms with Gasteiger partial charge in [-0.05, 0) is 72.4 Å². The van der Waals surface area contributed by atoms with Crippen LogP contribution in [0.3, 0.4) is 0 Å². The van der Waals surface area contributed by atoms with Crippen LogP contribution in [0.15, 0.2) is 16.8 Å². The Morgan fingerprint density at radius 3 is 2.56 bits per heavy atom. The summed E-state index contributed by atoms with van der Waals surface area (Å²) in [5, 5.41) is 8.24. The largest absolute Gasteiger partial charge is 0.314 e. The molecule has 3 atom stereocenters. The summed E-state index contributed by atoms with van der Waals surface area (Å²) in [6.07, 6.45) is 5.45. The molecule has 1 N–H and O–H groups in total. The Hall–Kier alpha value is -0.340. The van der Waals surface area contributed by atoms with Gasteiger partial charge in [-0.2, -0.15) is 11.3 Å². The molecule has 0 saturated heterocycles. The average Bonchev–Trinajstić information content (AvgIpc) is 2.80. The van der Waals surface area contributed by atoms with Crippen molar-refractivity contribution < 1.29 is 0 Å². The Morgan fingerprint density at radius 2 is 2.00 bits per heavy atom. The molecule has 3 unspecified atom stereocenters. The normalized spacial score (nSPS) is 30.3. The second-order valence-corrected chi connectivity index (χ2v) is 6.96. The molecule has 0 amide bonds. The molecule has 2 rings (SSSR count). The summed E-state index contributed by atoms with van der Waals surface area (Å²) in [6.45, 7) is 8.18. The highest BCUT2D eigenvalue weighted by atomic mass is 32.1. The summed E-state index contributed by atoms with van der Waals surface area (Å²) in [4.78, 5) is 0. The van der Waals surface area contributed by atoms with Gasteiger partial charge in [0.25, 0.3) is 0 Å². The molecule has 0 aromatic carbocycles. The van der Waals surface area contributed by atoms with Crippen molar-refractivity contribution in [2.75, 3.05) is 6.54 Å². The van der Waals surface area contributed by atoms with Crippen LogP contribution in [0.5, 0.6) is 0 Å². The Kier molecular flexibility index (Phi) is 5.25. The van der Waals surface area contributed by atoms with Gasteiger partial charge in [-0.1, -0.05) is 20.8 Å². The molecule has 1 aromatic rings. The molecule has 18 heavy (non-hydrogen) atoms. The second kappa shape index (κ2) is 6.72. The average molecular weight is 265 g/mol. The molecule has 0 spiro atoms. The van der Waals surface area contributed by atoms with Gasteiger partial charge in [0, 0.05) is 6.04 Å². The van der Waals surface area contributed by atoms with Gasteiger partial charge in [-0.15, -0.1) is 0 Å². The van der Waals surface area contributed by atoms with Gasteiger partial charge in [-0.25, -0.2) is 0 Å². The molecule has 0 radical (unpaired) electrons. The van der Waals surface area contributed by atoms with E-state index in [4.69, 9.17) is 0 Å². The Bertz CT molecular complexity index is 323. The third-order valence-electron chi connectivity index (χ3n) is 4.29. The van der Waals surface area contributed by atoms with Gasteiger partial charge in [0.1, 0.15) is 0 Å². The van der Waals surface area contributed by atoms with Gasteiger partial charge in [-0.3, -0.25) is 0 Å². The number of nitrogens with one attached hydrogen (secondary N) is 1. The minimum atomic E-state index is 0.676. The van der Waals surface area contributed by atoms with Crippen LogP contribution in [-0.2, 0) is 6.42 Å². The molecule has 1 saturated carbocycles. The van der Waals surface area contributed by atoms with Crippen molar-refractivity contribution in [1.82, 2.24) is 5.32 Å². The van der Waals surface area contributed by atoms with Gasteiger partial charge in [0.05, 0.1) is 0 Å². The van der Waals surface area contributed by atoms with Crippen molar-refractivity contribution in [3.8, 4) is 0 Å². The fraction of sp³-hybridized carbons (Fsp3) is 0.750. The highest BCUT2D eigenvalue weighted by Crippen LogP contribution is 2.35. The molecule has 0 bridgehead atoms. The molecule has 1 heterocycles. The molecule has 0 aliphatic heterocycles. The van der Waals surface area contributed by atoms with Gasteiger partial charge >= 0.3 is 0 Å². The number of hydrogen-bond acceptors (Lipinski definition) is 2. The van der Waals surface area contributed by atoms with Crippen LogP contribution < -0.4 is 5.32 Å². The molecule has 2 heteroatoms. The van der Waals surface area contributed by atoms with Crippen LogP contribution >= 0.6 is 11.3 Å². The molecular formula is C16H27NS. The van der Waals surface area contributed by atoms with Crippen molar-refractivity contribution in [3.05, 3.63) is 22.4 Å². The van der Waals surface area contributed by atoms with Crippen molar-refractivity contribution in [1.29, 1.82) is 0 Å². The van der Waals surface area contributed by atoms with E-state index in [0.717, 1.165) is 24.3 Å². The zero-order valence-electron chi connectivity index (χ0n) is 12.0. The van der Waals surface area contributed by atoms with Crippen LogP contribution in [0.1, 0.15) is 45.6 Å². The maximum atomic E-state index is 3.74. The van der Waals surface area contributed by atoms with Gasteiger partial charge in [0.2, 0.25) is 0 Å². The lowest BCUT2D eigenvalue weighted by atomic mass is 9.73. The first kappa shape index (κ1) is 14.1. The van der Waals surface area contributed by atoms with Crippen LogP contribution in [0.2, 0.25) is 0 Å². The summed E-state index contributed by atoms with van der Waals surface area (Å²) in [6, 6.07) is 2.96. The van der Waals surface area contributed by atoms with E-state index in [0.29, 0.717) is 6.04 Å². The van der Waals surface area contributed by atoms with Crippen LogP contribution in [-0.4, -0.2) is 12.6 Å². The first-order valence-corrected chi connectivity index (χ1v) is 8.37. The number of likely N-dealkylation sites (N-methyl/N-ethyl adjacent to an activating group) is 1. The predicted molar refractivity (Wildman–Crippen MR) is 81.2 cm³/mol. The standard InChI is InChI=1S/C16H27NS/c1-4-17-16(10-14-5-6-18-11-14)15-8-12(2)7-13(3)9-15/h5-6,11-13,15-17H,4,7-10H2,1-3H3. The van der Waals surface area contributed by atoms with E-state index in [1.165, 1.54) is 31.2 Å². The molecule has 1 aliphatic rings. The molecule has 1 aromatic heterocycles. The lowest BCUT2D eigenvalue weighted by Crippen LogP contribution is -2.41. The third kappa shape index (κ3) is 3.83. The van der Waals surface area contributed by atoms with Crippen molar-refractivity contribution in [2.45, 2.75) is 52.5 Å². The van der Waals surface area contributed by atoms with Gasteiger partial charge in [0.15, 0.2) is 0 Å². The Balaban J connectivity index is 1.99. The first-order valence-electron chi connectivity index (χ1n) is 7.43. The Morgan fingerprint density at radius 1 is 1.28 bits per heavy atom. The van der Waals surface area contributed by atoms with E-state index in [1.807, 2.05) is 11.3 Å². The van der Waals surface area contributed by atoms with E-state index in [2.05, 4.69) is 42.9 Å². The number of hydrogen-bond donors (Lipinski definition) is 1. The molecule has 1 aliphatic carbocycles. The van der Waals surface area contributed by atoms with E-state index < -0.39 is 0 Å². The smallest absolute Gasteiger partial charge is 0.0136 e. The quantitative estimate of drug-likeness (QED) is 0.835. The predicted octanol–water partition coefficient (Wildman–Crippen LogP) is 4.34. The highest BCUT2D eigenvalue weighted by Gasteiger charge is 2.29. The van der Waals surface area contributed by atoms with E-state index in [-0.39, 0.29) is 0 Å². The minimum absolute atomic E-state index is 0.676. The lowest BCUT2D eigenvalue weighted by Gasteiger charge is -2.37. The summed E-state index contributed by atoms with van der Waals surface area (Å²) in [5.74, 6) is 2.67. The summed E-state index contributed by atoms with van der Waals surface area (Å²) in [7, 11) is 0. The van der Waals surface area contributed by atoms with Gasteiger partial charge < -0.3 is 5.32 Å². The highest BCUT2D eigenvalue weighted by molar-refractivity contribution is 7.07. The van der Waals surface area contributed by atoms with Crippen LogP contribution in [0.25, 0.3) is 0 Å². The lowest BCUT2D eigenvalue weighted by molar-refractivity contribution is 0.176. The third-order valence-corrected chi connectivity index (χ3v) is 5.02. The fourth-order valence-electron chi connectivity index (χ4n) is 3.67. The van der Waals surface area contributed by atoms with Crippen LogP contribution in [0.4, 0.5) is 0 Å². The van der Waals surface area contributed by atoms with Crippen LogP contribution in [0, 0.1) is 17.8 Å². The zero-order valence-corrected chi connectivity index (χ0v) is 12.8. The van der Waals surface area contributed by atoms with Crippen molar-refractivity contribution in [2.24, 2.45) is 17.8 Å². The molecular weight excluding hydrogens is 238 g/mol. The molecule has 102 valence electrons. The fourth-order valence-corrected chi connectivity index (χ4v) is 4.35. The zero-order chi connectivity index (χ0) is 13.0. The van der Waals surface area contributed by atoms with E-state index >= 15 is 0 Å².